The molecule has 0 saturated carbocycles. The van der Waals surface area contributed by atoms with Crippen LogP contribution in [0.1, 0.15) is 33.1 Å². The molecule has 1 aliphatic heterocycles. The van der Waals surface area contributed by atoms with E-state index >= 15 is 0 Å². The first-order valence-electron chi connectivity index (χ1n) is 6.69. The summed E-state index contributed by atoms with van der Waals surface area (Å²) >= 11 is 0. The summed E-state index contributed by atoms with van der Waals surface area (Å²) in [5.41, 5.74) is 0. The first-order valence-corrected chi connectivity index (χ1v) is 6.69. The van der Waals surface area contributed by atoms with Crippen LogP contribution in [-0.4, -0.2) is 50.8 Å². The average Bonchev–Trinajstić information content (AvgIpc) is 2.29. The summed E-state index contributed by atoms with van der Waals surface area (Å²) in [7, 11) is 2.06. The molecule has 1 rings (SSSR count). The van der Waals surface area contributed by atoms with E-state index in [4.69, 9.17) is 4.74 Å². The lowest BCUT2D eigenvalue weighted by Gasteiger charge is -2.31. The number of nitrogens with zero attached hydrogens (tertiary/aromatic N) is 1. The molecule has 16 heavy (non-hydrogen) atoms. The summed E-state index contributed by atoms with van der Waals surface area (Å²) in [4.78, 5) is 2.52. The molecule has 0 aromatic rings. The second-order valence-corrected chi connectivity index (χ2v) is 5.20. The second-order valence-electron chi connectivity index (χ2n) is 5.20. The van der Waals surface area contributed by atoms with Crippen LogP contribution in [0.2, 0.25) is 0 Å². The lowest BCUT2D eigenvalue weighted by atomic mass is 10.1. The highest BCUT2D eigenvalue weighted by atomic mass is 16.5. The van der Waals surface area contributed by atoms with Crippen molar-refractivity contribution in [2.24, 2.45) is 5.92 Å². The molecule has 3 nitrogen and oxygen atoms in total. The minimum absolute atomic E-state index is 0.734. The van der Waals surface area contributed by atoms with Gasteiger partial charge < -0.3 is 15.0 Å². The minimum Gasteiger partial charge on any atom is -0.380 e. The first kappa shape index (κ1) is 13.9. The zero-order valence-electron chi connectivity index (χ0n) is 11.2. The zero-order valence-corrected chi connectivity index (χ0v) is 11.2. The summed E-state index contributed by atoms with van der Waals surface area (Å²) in [6, 6.07) is 0.734. The van der Waals surface area contributed by atoms with Gasteiger partial charge in [-0.05, 0) is 45.3 Å². The van der Waals surface area contributed by atoms with Crippen molar-refractivity contribution in [1.82, 2.24) is 10.2 Å². The van der Waals surface area contributed by atoms with Gasteiger partial charge in [-0.15, -0.1) is 0 Å². The van der Waals surface area contributed by atoms with E-state index in [1.807, 2.05) is 0 Å². The normalized spacial score (nSPS) is 19.5. The molecular formula is C13H28N2O. The van der Waals surface area contributed by atoms with Crippen LogP contribution in [0, 0.1) is 5.92 Å². The quantitative estimate of drug-likeness (QED) is 0.672. The van der Waals surface area contributed by atoms with Gasteiger partial charge in [-0.25, -0.2) is 0 Å². The lowest BCUT2D eigenvalue weighted by molar-refractivity contribution is 0.0861. The number of nitrogens with one attached hydrogen (secondary N) is 1. The van der Waals surface area contributed by atoms with Gasteiger partial charge in [0.1, 0.15) is 0 Å². The topological polar surface area (TPSA) is 24.5 Å². The van der Waals surface area contributed by atoms with Crippen molar-refractivity contribution in [2.75, 3.05) is 39.9 Å². The van der Waals surface area contributed by atoms with Crippen molar-refractivity contribution in [2.45, 2.75) is 39.2 Å². The van der Waals surface area contributed by atoms with Crippen molar-refractivity contribution in [3.8, 4) is 0 Å². The van der Waals surface area contributed by atoms with Crippen molar-refractivity contribution >= 4 is 0 Å². The van der Waals surface area contributed by atoms with Crippen LogP contribution in [-0.2, 0) is 4.74 Å². The molecule has 1 N–H and O–H groups in total. The Morgan fingerprint density at radius 1 is 1.25 bits per heavy atom. The molecule has 96 valence electrons. The van der Waals surface area contributed by atoms with Gasteiger partial charge in [0.05, 0.1) is 6.61 Å². The van der Waals surface area contributed by atoms with Crippen molar-refractivity contribution < 1.29 is 4.74 Å². The van der Waals surface area contributed by atoms with Crippen LogP contribution < -0.4 is 5.32 Å². The predicted octanol–water partition coefficient (Wildman–Crippen LogP) is 1.73. The van der Waals surface area contributed by atoms with Crippen molar-refractivity contribution in [3.05, 3.63) is 0 Å². The van der Waals surface area contributed by atoms with E-state index in [1.54, 1.807) is 0 Å². The maximum Gasteiger partial charge on any atom is 0.0593 e. The van der Waals surface area contributed by atoms with Crippen molar-refractivity contribution in [1.29, 1.82) is 0 Å². The first-order chi connectivity index (χ1) is 7.72. The van der Waals surface area contributed by atoms with Gasteiger partial charge in [0.25, 0.3) is 0 Å². The van der Waals surface area contributed by atoms with Crippen LogP contribution in [0.3, 0.4) is 0 Å². The van der Waals surface area contributed by atoms with E-state index in [0.29, 0.717) is 0 Å². The van der Waals surface area contributed by atoms with Gasteiger partial charge in [0.2, 0.25) is 0 Å². The highest BCUT2D eigenvalue weighted by Gasteiger charge is 2.16. The predicted molar refractivity (Wildman–Crippen MR) is 68.8 cm³/mol. The molecule has 1 aliphatic rings. The molecular weight excluding hydrogens is 200 g/mol. The van der Waals surface area contributed by atoms with E-state index in [1.165, 1.54) is 32.4 Å². The smallest absolute Gasteiger partial charge is 0.0593 e. The summed E-state index contributed by atoms with van der Waals surface area (Å²) in [5.74, 6) is 0.756. The number of hydrogen-bond donors (Lipinski definition) is 1. The highest BCUT2D eigenvalue weighted by molar-refractivity contribution is 4.75. The third-order valence-electron chi connectivity index (χ3n) is 3.39. The Labute approximate surface area is 101 Å². The van der Waals surface area contributed by atoms with Crippen molar-refractivity contribution in [3.63, 3.8) is 0 Å². The molecule has 3 heteroatoms. The molecule has 0 amide bonds. The van der Waals surface area contributed by atoms with Gasteiger partial charge >= 0.3 is 0 Å². The Kier molecular flexibility index (Phi) is 7.01. The molecule has 1 fully saturated rings. The molecule has 0 atom stereocenters. The Hall–Kier alpha value is -0.120. The summed E-state index contributed by atoms with van der Waals surface area (Å²) < 4.78 is 5.64. The largest absolute Gasteiger partial charge is 0.380 e. The van der Waals surface area contributed by atoms with E-state index in [0.717, 1.165) is 31.7 Å². The number of likely N-dealkylation sites (tertiary alicyclic amines) is 1. The van der Waals surface area contributed by atoms with Gasteiger partial charge in [0, 0.05) is 19.2 Å². The number of hydrogen-bond acceptors (Lipinski definition) is 3. The Morgan fingerprint density at radius 2 is 1.94 bits per heavy atom. The molecule has 0 radical (unpaired) electrons. The molecule has 0 aliphatic carbocycles. The van der Waals surface area contributed by atoms with Crippen LogP contribution in [0.15, 0.2) is 0 Å². The Bertz CT molecular complexity index is 165. The number of ether oxygens (including phenoxy) is 1. The standard InChI is InChI=1S/C13H28N2O/c1-12(2)6-10-16-11-9-15-7-4-13(14-3)5-8-15/h12-14H,4-11H2,1-3H3. The molecule has 1 heterocycles. The molecule has 0 aromatic heterocycles. The van der Waals surface area contributed by atoms with Crippen LogP contribution in [0.5, 0.6) is 0 Å². The molecule has 0 spiro atoms. The summed E-state index contributed by atoms with van der Waals surface area (Å²) in [6.07, 6.45) is 3.74. The molecule has 0 bridgehead atoms. The lowest BCUT2D eigenvalue weighted by Crippen LogP contribution is -2.42. The zero-order chi connectivity index (χ0) is 11.8. The van der Waals surface area contributed by atoms with Crippen LogP contribution >= 0.6 is 0 Å². The van der Waals surface area contributed by atoms with E-state index in [-0.39, 0.29) is 0 Å². The minimum atomic E-state index is 0.734. The van der Waals surface area contributed by atoms with Gasteiger partial charge in [-0.2, -0.15) is 0 Å². The third-order valence-corrected chi connectivity index (χ3v) is 3.39. The average molecular weight is 228 g/mol. The fourth-order valence-electron chi connectivity index (χ4n) is 2.06. The van der Waals surface area contributed by atoms with E-state index < -0.39 is 0 Å². The van der Waals surface area contributed by atoms with Gasteiger partial charge in [-0.3, -0.25) is 0 Å². The van der Waals surface area contributed by atoms with E-state index in [2.05, 4.69) is 31.1 Å². The van der Waals surface area contributed by atoms with Gasteiger partial charge in [0.15, 0.2) is 0 Å². The highest BCUT2D eigenvalue weighted by Crippen LogP contribution is 2.09. The summed E-state index contributed by atoms with van der Waals surface area (Å²) in [5, 5.41) is 3.36. The monoisotopic (exact) mass is 228 g/mol. The third kappa shape index (κ3) is 5.83. The molecule has 1 saturated heterocycles. The Morgan fingerprint density at radius 3 is 2.50 bits per heavy atom. The molecule has 0 aromatic carbocycles. The fourth-order valence-corrected chi connectivity index (χ4v) is 2.06. The number of rotatable bonds is 7. The maximum absolute atomic E-state index is 5.64. The van der Waals surface area contributed by atoms with E-state index in [9.17, 15) is 0 Å². The SMILES string of the molecule is CNC1CCN(CCOCCC(C)C)CC1. The maximum atomic E-state index is 5.64. The van der Waals surface area contributed by atoms with Crippen LogP contribution in [0.25, 0.3) is 0 Å². The van der Waals surface area contributed by atoms with Crippen LogP contribution in [0.4, 0.5) is 0 Å². The molecule has 0 unspecified atom stereocenters. The Balaban J connectivity index is 1.94. The fraction of sp³-hybridized carbons (Fsp3) is 1.00. The number of piperidine rings is 1. The van der Waals surface area contributed by atoms with Gasteiger partial charge in [-0.1, -0.05) is 13.8 Å². The summed E-state index contributed by atoms with van der Waals surface area (Å²) in [6.45, 7) is 9.85. The second kappa shape index (κ2) is 8.04.